The molecule has 4 atom stereocenters. The molecule has 0 radical (unpaired) electrons. The highest BCUT2D eigenvalue weighted by atomic mass is 16.4. The Kier molecular flexibility index (Phi) is 5.10. The Bertz CT molecular complexity index is 1290. The van der Waals surface area contributed by atoms with Crippen LogP contribution in [0.5, 0.6) is 0 Å². The van der Waals surface area contributed by atoms with Crippen molar-refractivity contribution in [1.29, 1.82) is 0 Å². The van der Waals surface area contributed by atoms with Crippen molar-refractivity contribution in [2.45, 2.75) is 18.5 Å². The zero-order valence-corrected chi connectivity index (χ0v) is 18.2. The van der Waals surface area contributed by atoms with Gasteiger partial charge in [-0.2, -0.15) is 0 Å². The van der Waals surface area contributed by atoms with Crippen LogP contribution in [-0.2, 0) is 19.9 Å². The molecule has 2 N–H and O–H groups in total. The summed E-state index contributed by atoms with van der Waals surface area (Å²) < 4.78 is 0. The summed E-state index contributed by atoms with van der Waals surface area (Å²) in [5.74, 6) is -4.68. The molecule has 2 saturated heterocycles. The van der Waals surface area contributed by atoms with Crippen LogP contribution in [0, 0.1) is 11.8 Å². The molecular formula is C26H21N3O5. The summed E-state index contributed by atoms with van der Waals surface area (Å²) in [4.78, 5) is 57.4. The number of Topliss-reactive ketones (excluding diaryl/α,β-unsaturated/α-hetero) is 1. The Hall–Kier alpha value is -4.17. The van der Waals surface area contributed by atoms with E-state index in [4.69, 9.17) is 0 Å². The number of aromatic nitrogens is 1. The highest BCUT2D eigenvalue weighted by Gasteiger charge is 2.69. The fourth-order valence-corrected chi connectivity index (χ4v) is 5.11. The standard InChI is InChI=1S/C26H21N3O5/c1-15(30)16-10-12-18(13-11-16)29-23(31)20-21(24(29)32)26(25(33)34,17-7-3-2-4-8-17)28-22(20)19-9-5-6-14-27-19/h2-14,20-22,28H,1H3,(H,33,34). The van der Waals surface area contributed by atoms with Gasteiger partial charge >= 0.3 is 5.97 Å². The number of hydrogen-bond acceptors (Lipinski definition) is 6. The molecular weight excluding hydrogens is 434 g/mol. The second-order valence-corrected chi connectivity index (χ2v) is 8.47. The van der Waals surface area contributed by atoms with Gasteiger partial charge < -0.3 is 5.11 Å². The number of rotatable bonds is 5. The lowest BCUT2D eigenvalue weighted by Gasteiger charge is -2.31. The van der Waals surface area contributed by atoms with Crippen molar-refractivity contribution in [1.82, 2.24) is 10.3 Å². The van der Waals surface area contributed by atoms with E-state index in [1.807, 2.05) is 0 Å². The van der Waals surface area contributed by atoms with Crippen LogP contribution in [0.15, 0.2) is 79.0 Å². The first-order valence-corrected chi connectivity index (χ1v) is 10.8. The number of carbonyl (C=O) groups excluding carboxylic acids is 3. The van der Waals surface area contributed by atoms with E-state index in [0.29, 0.717) is 22.5 Å². The lowest BCUT2D eigenvalue weighted by atomic mass is 9.75. The predicted molar refractivity (Wildman–Crippen MR) is 122 cm³/mol. The van der Waals surface area contributed by atoms with Gasteiger partial charge in [-0.25, -0.2) is 9.69 Å². The SMILES string of the molecule is CC(=O)c1ccc(N2C(=O)C3C(c4ccccn4)NC(C(=O)O)(c4ccccc4)C3C2=O)cc1. The molecule has 34 heavy (non-hydrogen) atoms. The molecule has 3 heterocycles. The van der Waals surface area contributed by atoms with Crippen molar-refractivity contribution in [3.05, 3.63) is 95.8 Å². The van der Waals surface area contributed by atoms with E-state index in [9.17, 15) is 24.3 Å². The van der Waals surface area contributed by atoms with Gasteiger partial charge in [0.1, 0.15) is 0 Å². The number of benzene rings is 2. The molecule has 8 nitrogen and oxygen atoms in total. The Labute approximate surface area is 195 Å². The van der Waals surface area contributed by atoms with Crippen LogP contribution in [0.3, 0.4) is 0 Å². The van der Waals surface area contributed by atoms with Gasteiger partial charge in [0.2, 0.25) is 11.8 Å². The maximum atomic E-state index is 13.8. The number of carboxylic acid groups (broad SMARTS) is 1. The Morgan fingerprint density at radius 2 is 1.62 bits per heavy atom. The number of amides is 2. The topological polar surface area (TPSA) is 117 Å². The lowest BCUT2D eigenvalue weighted by molar-refractivity contribution is -0.149. The normalized spacial score (nSPS) is 25.9. The molecule has 5 rings (SSSR count). The summed E-state index contributed by atoms with van der Waals surface area (Å²) in [7, 11) is 0. The quantitative estimate of drug-likeness (QED) is 0.449. The van der Waals surface area contributed by atoms with Crippen LogP contribution in [0.1, 0.15) is 34.6 Å². The molecule has 0 bridgehead atoms. The largest absolute Gasteiger partial charge is 0.480 e. The third kappa shape index (κ3) is 3.07. The third-order valence-electron chi connectivity index (χ3n) is 6.66. The smallest absolute Gasteiger partial charge is 0.329 e. The second-order valence-electron chi connectivity index (χ2n) is 8.47. The summed E-state index contributed by atoms with van der Waals surface area (Å²) in [6, 6.07) is 19.0. The van der Waals surface area contributed by atoms with E-state index < -0.39 is 41.2 Å². The Morgan fingerprint density at radius 1 is 0.941 bits per heavy atom. The molecule has 2 aliphatic heterocycles. The van der Waals surface area contributed by atoms with Gasteiger partial charge in [-0.1, -0.05) is 36.4 Å². The number of nitrogens with zero attached hydrogens (tertiary/aromatic N) is 2. The molecule has 0 saturated carbocycles. The maximum Gasteiger partial charge on any atom is 0.329 e. The monoisotopic (exact) mass is 455 g/mol. The number of aliphatic carboxylic acids is 1. The molecule has 2 aromatic carbocycles. The first kappa shape index (κ1) is 21.7. The van der Waals surface area contributed by atoms with Crippen molar-refractivity contribution in [3.63, 3.8) is 0 Å². The van der Waals surface area contributed by atoms with Crippen molar-refractivity contribution in [2.75, 3.05) is 4.90 Å². The molecule has 170 valence electrons. The minimum absolute atomic E-state index is 0.143. The van der Waals surface area contributed by atoms with Crippen LogP contribution >= 0.6 is 0 Å². The van der Waals surface area contributed by atoms with Crippen molar-refractivity contribution < 1.29 is 24.3 Å². The van der Waals surface area contributed by atoms with Gasteiger partial charge in [0.25, 0.3) is 0 Å². The average molecular weight is 455 g/mol. The molecule has 0 aliphatic carbocycles. The zero-order chi connectivity index (χ0) is 24.0. The van der Waals surface area contributed by atoms with E-state index >= 15 is 0 Å². The average Bonchev–Trinajstić information content (AvgIpc) is 3.35. The summed E-state index contributed by atoms with van der Waals surface area (Å²) in [6.45, 7) is 1.43. The first-order chi connectivity index (χ1) is 16.4. The molecule has 8 heteroatoms. The fourth-order valence-electron chi connectivity index (χ4n) is 5.11. The van der Waals surface area contributed by atoms with Gasteiger partial charge in [-0.05, 0) is 48.9 Å². The number of anilines is 1. The van der Waals surface area contributed by atoms with E-state index in [-0.39, 0.29) is 5.78 Å². The number of hydrogen-bond donors (Lipinski definition) is 2. The minimum atomic E-state index is -1.82. The first-order valence-electron chi connectivity index (χ1n) is 10.8. The summed E-state index contributed by atoms with van der Waals surface area (Å²) in [6.07, 6.45) is 1.56. The number of fused-ring (bicyclic) bond motifs is 1. The Morgan fingerprint density at radius 3 is 2.21 bits per heavy atom. The predicted octanol–water partition coefficient (Wildman–Crippen LogP) is 2.71. The van der Waals surface area contributed by atoms with Gasteiger partial charge in [0, 0.05) is 11.8 Å². The summed E-state index contributed by atoms with van der Waals surface area (Å²) >= 11 is 0. The molecule has 2 aliphatic rings. The van der Waals surface area contributed by atoms with Gasteiger partial charge in [-0.3, -0.25) is 24.7 Å². The number of nitrogens with one attached hydrogen (secondary N) is 1. The molecule has 4 unspecified atom stereocenters. The number of ketones is 1. The number of carboxylic acids is 1. The van der Waals surface area contributed by atoms with Crippen LogP contribution < -0.4 is 10.2 Å². The van der Waals surface area contributed by atoms with Crippen molar-refractivity contribution >= 4 is 29.3 Å². The van der Waals surface area contributed by atoms with Crippen LogP contribution in [0.4, 0.5) is 5.69 Å². The summed E-state index contributed by atoms with van der Waals surface area (Å²) in [5.41, 5.74) is -0.228. The fraction of sp³-hybridized carbons (Fsp3) is 0.192. The molecule has 0 spiro atoms. The third-order valence-corrected chi connectivity index (χ3v) is 6.66. The maximum absolute atomic E-state index is 13.8. The number of pyridine rings is 1. The lowest BCUT2D eigenvalue weighted by Crippen LogP contribution is -2.53. The van der Waals surface area contributed by atoms with E-state index in [1.54, 1.807) is 66.9 Å². The van der Waals surface area contributed by atoms with E-state index in [1.165, 1.54) is 19.1 Å². The van der Waals surface area contributed by atoms with Crippen molar-refractivity contribution in [3.8, 4) is 0 Å². The minimum Gasteiger partial charge on any atom is -0.480 e. The summed E-state index contributed by atoms with van der Waals surface area (Å²) in [5, 5.41) is 13.6. The van der Waals surface area contributed by atoms with Gasteiger partial charge in [-0.15, -0.1) is 0 Å². The molecule has 2 fully saturated rings. The molecule has 2 amide bonds. The molecule has 3 aromatic rings. The zero-order valence-electron chi connectivity index (χ0n) is 18.2. The van der Waals surface area contributed by atoms with E-state index in [0.717, 1.165) is 4.90 Å². The van der Waals surface area contributed by atoms with Crippen LogP contribution in [-0.4, -0.2) is 33.7 Å². The second kappa shape index (κ2) is 8.00. The highest BCUT2D eigenvalue weighted by Crippen LogP contribution is 2.53. The highest BCUT2D eigenvalue weighted by molar-refractivity contribution is 6.24. The Balaban J connectivity index is 1.68. The van der Waals surface area contributed by atoms with E-state index in [2.05, 4.69) is 10.3 Å². The van der Waals surface area contributed by atoms with Crippen molar-refractivity contribution in [2.24, 2.45) is 11.8 Å². The van der Waals surface area contributed by atoms with Crippen LogP contribution in [0.2, 0.25) is 0 Å². The molecule has 1 aromatic heterocycles. The number of carbonyl (C=O) groups is 4. The van der Waals surface area contributed by atoms with Gasteiger partial charge in [0.15, 0.2) is 11.3 Å². The number of imide groups is 1. The van der Waals surface area contributed by atoms with Gasteiger partial charge in [0.05, 0.1) is 29.3 Å². The van der Waals surface area contributed by atoms with Crippen LogP contribution in [0.25, 0.3) is 0 Å².